The Morgan fingerprint density at radius 1 is 1.07 bits per heavy atom. The van der Waals surface area contributed by atoms with Gasteiger partial charge in [-0.1, -0.05) is 12.1 Å². The number of carbonyl (C=O) groups excluding carboxylic acids is 4. The first kappa shape index (κ1) is 22.9. The number of benzene rings is 1. The second-order valence-corrected chi connectivity index (χ2v) is 6.78. The molecule has 0 saturated carbocycles. The highest BCUT2D eigenvalue weighted by molar-refractivity contribution is 6.01. The molecule has 9 nitrogen and oxygen atoms in total. The Morgan fingerprint density at radius 2 is 1.75 bits per heavy atom. The number of para-hydroxylation sites is 1. The minimum absolute atomic E-state index is 0.0296. The van der Waals surface area contributed by atoms with Crippen molar-refractivity contribution >= 4 is 29.6 Å². The molecule has 2 N–H and O–H groups in total. The molecule has 1 rings (SSSR count). The van der Waals surface area contributed by atoms with Gasteiger partial charge in [0.1, 0.15) is 5.60 Å². The summed E-state index contributed by atoms with van der Waals surface area (Å²) in [5, 5.41) is 5.02. The molecule has 0 radical (unpaired) electrons. The molecule has 154 valence electrons. The van der Waals surface area contributed by atoms with Crippen molar-refractivity contribution in [3.63, 3.8) is 0 Å². The van der Waals surface area contributed by atoms with Gasteiger partial charge in [-0.3, -0.25) is 9.59 Å². The standard InChI is InChI=1S/C19H26N2O7/c1-19(2,3)28-18(25)20-11-7-10-16(23)27-12-15(22)21-14-9-6-5-8-13(14)17(24)26-4/h5-6,8-9H,7,10-12H2,1-4H3,(H,20,25)(H,21,22). The highest BCUT2D eigenvalue weighted by atomic mass is 16.6. The summed E-state index contributed by atoms with van der Waals surface area (Å²) in [4.78, 5) is 46.7. The second-order valence-electron chi connectivity index (χ2n) is 6.78. The van der Waals surface area contributed by atoms with Gasteiger partial charge in [-0.05, 0) is 39.3 Å². The van der Waals surface area contributed by atoms with E-state index >= 15 is 0 Å². The molecular weight excluding hydrogens is 368 g/mol. The lowest BCUT2D eigenvalue weighted by molar-refractivity contribution is -0.147. The summed E-state index contributed by atoms with van der Waals surface area (Å²) in [6.07, 6.45) is -0.198. The van der Waals surface area contributed by atoms with Gasteiger partial charge >= 0.3 is 18.0 Å². The number of ether oxygens (including phenoxy) is 3. The summed E-state index contributed by atoms with van der Waals surface area (Å²) in [5.41, 5.74) is -0.141. The number of rotatable bonds is 8. The Morgan fingerprint density at radius 3 is 2.39 bits per heavy atom. The highest BCUT2D eigenvalue weighted by Gasteiger charge is 2.16. The molecule has 0 aromatic heterocycles. The van der Waals surface area contributed by atoms with Gasteiger partial charge in [0.2, 0.25) is 0 Å². The van der Waals surface area contributed by atoms with Crippen molar-refractivity contribution in [2.45, 2.75) is 39.2 Å². The molecule has 9 heteroatoms. The number of hydrogen-bond acceptors (Lipinski definition) is 7. The van der Waals surface area contributed by atoms with E-state index in [2.05, 4.69) is 15.4 Å². The first-order valence-electron chi connectivity index (χ1n) is 8.72. The van der Waals surface area contributed by atoms with Crippen molar-refractivity contribution in [1.29, 1.82) is 0 Å². The lowest BCUT2D eigenvalue weighted by Crippen LogP contribution is -2.33. The molecule has 0 aliphatic carbocycles. The molecule has 2 amide bonds. The average Bonchev–Trinajstić information content (AvgIpc) is 2.62. The molecular formula is C19H26N2O7. The van der Waals surface area contributed by atoms with Crippen molar-refractivity contribution in [1.82, 2.24) is 5.32 Å². The molecule has 0 atom stereocenters. The van der Waals surface area contributed by atoms with Crippen LogP contribution in [0.15, 0.2) is 24.3 Å². The fourth-order valence-corrected chi connectivity index (χ4v) is 2.02. The minimum atomic E-state index is -0.594. The van der Waals surface area contributed by atoms with Crippen molar-refractivity contribution in [3.8, 4) is 0 Å². The number of carbonyl (C=O) groups is 4. The van der Waals surface area contributed by atoms with Gasteiger partial charge in [0.15, 0.2) is 6.61 Å². The molecule has 0 spiro atoms. The number of nitrogens with one attached hydrogen (secondary N) is 2. The van der Waals surface area contributed by atoms with Crippen molar-refractivity contribution < 1.29 is 33.4 Å². The molecule has 1 aromatic rings. The maximum absolute atomic E-state index is 11.9. The SMILES string of the molecule is COC(=O)c1ccccc1NC(=O)COC(=O)CCCNC(=O)OC(C)(C)C. The third kappa shape index (κ3) is 9.02. The lowest BCUT2D eigenvalue weighted by atomic mass is 10.2. The van der Waals surface area contributed by atoms with E-state index < -0.39 is 36.1 Å². The number of esters is 2. The summed E-state index contributed by atoms with van der Waals surface area (Å²) in [5.74, 6) is -1.76. The molecule has 0 aliphatic rings. The summed E-state index contributed by atoms with van der Waals surface area (Å²) >= 11 is 0. The molecule has 0 fully saturated rings. The number of amides is 2. The summed E-state index contributed by atoms with van der Waals surface area (Å²) < 4.78 is 14.6. The quantitative estimate of drug-likeness (QED) is 0.394. The zero-order chi connectivity index (χ0) is 21.2. The first-order valence-corrected chi connectivity index (χ1v) is 8.72. The third-order valence-electron chi connectivity index (χ3n) is 3.20. The van der Waals surface area contributed by atoms with Crippen molar-refractivity contribution in [3.05, 3.63) is 29.8 Å². The van der Waals surface area contributed by atoms with Crippen molar-refractivity contribution in [2.75, 3.05) is 25.6 Å². The van der Waals surface area contributed by atoms with Gasteiger partial charge in [-0.25, -0.2) is 9.59 Å². The fraction of sp³-hybridized carbons (Fsp3) is 0.474. The molecule has 0 bridgehead atoms. The molecule has 0 unspecified atom stereocenters. The van der Waals surface area contributed by atoms with E-state index in [1.165, 1.54) is 19.2 Å². The lowest BCUT2D eigenvalue weighted by Gasteiger charge is -2.19. The van der Waals surface area contributed by atoms with Gasteiger partial charge in [-0.2, -0.15) is 0 Å². The first-order chi connectivity index (χ1) is 13.1. The van der Waals surface area contributed by atoms with E-state index in [0.29, 0.717) is 6.42 Å². The van der Waals surface area contributed by atoms with Crippen LogP contribution >= 0.6 is 0 Å². The smallest absolute Gasteiger partial charge is 0.407 e. The number of hydrogen-bond donors (Lipinski definition) is 2. The van der Waals surface area contributed by atoms with E-state index in [0.717, 1.165) is 0 Å². The third-order valence-corrected chi connectivity index (χ3v) is 3.20. The largest absolute Gasteiger partial charge is 0.465 e. The van der Waals surface area contributed by atoms with Crippen LogP contribution in [0.3, 0.4) is 0 Å². The van der Waals surface area contributed by atoms with Crippen LogP contribution in [-0.2, 0) is 23.8 Å². The van der Waals surface area contributed by atoms with E-state index in [-0.39, 0.29) is 24.2 Å². The van der Waals surface area contributed by atoms with E-state index in [1.54, 1.807) is 32.9 Å². The zero-order valence-electron chi connectivity index (χ0n) is 16.5. The van der Waals surface area contributed by atoms with Crippen LogP contribution in [0.2, 0.25) is 0 Å². The van der Waals surface area contributed by atoms with Crippen LogP contribution < -0.4 is 10.6 Å². The summed E-state index contributed by atoms with van der Waals surface area (Å²) in [7, 11) is 1.24. The Hall–Kier alpha value is -3.10. The molecule has 0 saturated heterocycles. The maximum atomic E-state index is 11.9. The van der Waals surface area contributed by atoms with Gasteiger partial charge in [0.05, 0.1) is 18.4 Å². The zero-order valence-corrected chi connectivity index (χ0v) is 16.5. The Balaban J connectivity index is 2.31. The predicted octanol–water partition coefficient (Wildman–Crippen LogP) is 2.26. The molecule has 0 aliphatic heterocycles. The monoisotopic (exact) mass is 394 g/mol. The number of methoxy groups -OCH3 is 1. The van der Waals surface area contributed by atoms with Crippen LogP contribution in [-0.4, -0.2) is 49.8 Å². The highest BCUT2D eigenvalue weighted by Crippen LogP contribution is 2.15. The maximum Gasteiger partial charge on any atom is 0.407 e. The Bertz CT molecular complexity index is 710. The Kier molecular flexibility index (Phi) is 8.94. The van der Waals surface area contributed by atoms with Crippen LogP contribution in [0.4, 0.5) is 10.5 Å². The van der Waals surface area contributed by atoms with E-state index in [4.69, 9.17) is 9.47 Å². The van der Waals surface area contributed by atoms with Crippen LogP contribution in [0.25, 0.3) is 0 Å². The van der Waals surface area contributed by atoms with Crippen LogP contribution in [0.1, 0.15) is 44.0 Å². The average molecular weight is 394 g/mol. The summed E-state index contributed by atoms with van der Waals surface area (Å²) in [6, 6.07) is 6.32. The number of alkyl carbamates (subject to hydrolysis) is 1. The van der Waals surface area contributed by atoms with Crippen LogP contribution in [0.5, 0.6) is 0 Å². The summed E-state index contributed by atoms with van der Waals surface area (Å²) in [6.45, 7) is 4.99. The molecule has 28 heavy (non-hydrogen) atoms. The van der Waals surface area contributed by atoms with Gasteiger partial charge in [0.25, 0.3) is 5.91 Å². The molecule has 1 aromatic carbocycles. The van der Waals surface area contributed by atoms with Gasteiger partial charge in [0, 0.05) is 13.0 Å². The number of anilines is 1. The normalized spacial score (nSPS) is 10.6. The predicted molar refractivity (Wildman–Crippen MR) is 101 cm³/mol. The minimum Gasteiger partial charge on any atom is -0.465 e. The van der Waals surface area contributed by atoms with Crippen LogP contribution in [0, 0.1) is 0 Å². The van der Waals surface area contributed by atoms with E-state index in [9.17, 15) is 19.2 Å². The van der Waals surface area contributed by atoms with Gasteiger partial charge in [-0.15, -0.1) is 0 Å². The molecule has 0 heterocycles. The topological polar surface area (TPSA) is 120 Å². The van der Waals surface area contributed by atoms with Gasteiger partial charge < -0.3 is 24.8 Å². The Labute approximate surface area is 163 Å². The van der Waals surface area contributed by atoms with Crippen molar-refractivity contribution in [2.24, 2.45) is 0 Å². The van der Waals surface area contributed by atoms with E-state index in [1.807, 2.05) is 0 Å². The second kappa shape index (κ2) is 10.9. The fourth-order valence-electron chi connectivity index (χ4n) is 2.02.